The summed E-state index contributed by atoms with van der Waals surface area (Å²) in [5.74, 6) is 1.68. The lowest BCUT2D eigenvalue weighted by Gasteiger charge is -2.08. The van der Waals surface area contributed by atoms with E-state index in [9.17, 15) is 0 Å². The fraction of sp³-hybridized carbons (Fsp3) is 0.176. The lowest BCUT2D eigenvalue weighted by atomic mass is 10.2. The number of hydrogen-bond donors (Lipinski definition) is 1. The summed E-state index contributed by atoms with van der Waals surface area (Å²) in [4.78, 5) is 15.5. The van der Waals surface area contributed by atoms with Gasteiger partial charge in [-0.1, -0.05) is 6.07 Å². The fourth-order valence-electron chi connectivity index (χ4n) is 2.56. The Hall–Kier alpha value is -2.80. The summed E-state index contributed by atoms with van der Waals surface area (Å²) in [5.41, 5.74) is 2.33. The van der Waals surface area contributed by atoms with E-state index in [-0.39, 0.29) is 0 Å². The summed E-state index contributed by atoms with van der Waals surface area (Å²) < 4.78 is 1.74. The van der Waals surface area contributed by atoms with E-state index in [1.54, 1.807) is 28.5 Å². The summed E-state index contributed by atoms with van der Waals surface area (Å²) in [5, 5.41) is 8.70. The van der Waals surface area contributed by atoms with Gasteiger partial charge < -0.3 is 5.32 Å². The zero-order chi connectivity index (χ0) is 16.5. The highest BCUT2D eigenvalue weighted by Gasteiger charge is 2.11. The van der Waals surface area contributed by atoms with E-state index in [1.807, 2.05) is 30.6 Å². The molecule has 24 heavy (non-hydrogen) atoms. The predicted octanol–water partition coefficient (Wildman–Crippen LogP) is 3.50. The number of rotatable bonds is 4. The number of anilines is 1. The van der Waals surface area contributed by atoms with Crippen molar-refractivity contribution < 1.29 is 0 Å². The third kappa shape index (κ3) is 2.63. The van der Waals surface area contributed by atoms with E-state index in [4.69, 9.17) is 0 Å². The summed E-state index contributed by atoms with van der Waals surface area (Å²) in [6.07, 6.45) is 7.08. The molecule has 0 aromatic carbocycles. The molecule has 6 nitrogen and oxygen atoms in total. The lowest BCUT2D eigenvalue weighted by molar-refractivity contribution is 0.843. The third-order valence-corrected chi connectivity index (χ3v) is 5.09. The summed E-state index contributed by atoms with van der Waals surface area (Å²) >= 11 is 1.70. The molecule has 1 N–H and O–H groups in total. The van der Waals surface area contributed by atoms with Crippen molar-refractivity contribution in [3.05, 3.63) is 59.1 Å². The van der Waals surface area contributed by atoms with Crippen LogP contribution in [0, 0.1) is 13.8 Å². The van der Waals surface area contributed by atoms with Crippen LogP contribution in [0.1, 0.15) is 16.0 Å². The van der Waals surface area contributed by atoms with E-state index >= 15 is 0 Å². The molecule has 0 aliphatic heterocycles. The van der Waals surface area contributed by atoms with Crippen LogP contribution >= 0.6 is 11.3 Å². The van der Waals surface area contributed by atoms with Crippen LogP contribution in [0.15, 0.2) is 43.1 Å². The second kappa shape index (κ2) is 6.01. The molecule has 120 valence electrons. The Labute approximate surface area is 143 Å². The average Bonchev–Trinajstić information content (AvgIpc) is 3.23. The molecule has 4 heterocycles. The van der Waals surface area contributed by atoms with Crippen molar-refractivity contribution in [2.45, 2.75) is 20.4 Å². The highest BCUT2D eigenvalue weighted by molar-refractivity contribution is 7.18. The molecule has 7 heteroatoms. The minimum Gasteiger partial charge on any atom is -0.365 e. The maximum absolute atomic E-state index is 4.45. The van der Waals surface area contributed by atoms with E-state index in [1.165, 1.54) is 10.4 Å². The van der Waals surface area contributed by atoms with E-state index in [2.05, 4.69) is 39.2 Å². The van der Waals surface area contributed by atoms with E-state index in [0.29, 0.717) is 6.54 Å². The van der Waals surface area contributed by atoms with Gasteiger partial charge in [-0.15, -0.1) is 11.3 Å². The quantitative estimate of drug-likeness (QED) is 0.618. The second-order valence-electron chi connectivity index (χ2n) is 5.51. The molecule has 0 saturated heterocycles. The zero-order valence-electron chi connectivity index (χ0n) is 13.4. The number of nitrogens with one attached hydrogen (secondary N) is 1. The maximum atomic E-state index is 4.45. The van der Waals surface area contributed by atoms with Crippen LogP contribution in [-0.4, -0.2) is 24.7 Å². The van der Waals surface area contributed by atoms with Gasteiger partial charge in [0.1, 0.15) is 17.0 Å². The SMILES string of the molecule is Cc1sc2ncnc(NCc3ccc(-n4cccn4)nc3)c2c1C. The van der Waals surface area contributed by atoms with Crippen LogP contribution in [0.3, 0.4) is 0 Å². The standard InChI is InChI=1S/C17H16N6S/c1-11-12(2)24-17-15(11)16(20-10-21-17)19-9-13-4-5-14(18-8-13)23-7-3-6-22-23/h3-8,10H,9H2,1-2H3,(H,19,20,21). The van der Waals surface area contributed by atoms with Gasteiger partial charge in [-0.05, 0) is 37.1 Å². The number of hydrogen-bond acceptors (Lipinski definition) is 6. The third-order valence-electron chi connectivity index (χ3n) is 3.97. The van der Waals surface area contributed by atoms with Crippen molar-refractivity contribution in [2.24, 2.45) is 0 Å². The van der Waals surface area contributed by atoms with Crippen molar-refractivity contribution in [2.75, 3.05) is 5.32 Å². The minimum absolute atomic E-state index is 0.660. The minimum atomic E-state index is 0.660. The van der Waals surface area contributed by atoms with E-state index < -0.39 is 0 Å². The molecule has 0 amide bonds. The first kappa shape index (κ1) is 14.8. The molecule has 4 aromatic rings. The van der Waals surface area contributed by atoms with Gasteiger partial charge in [-0.25, -0.2) is 19.6 Å². The molecule has 0 fully saturated rings. The molecule has 0 aliphatic carbocycles. The summed E-state index contributed by atoms with van der Waals surface area (Å²) in [7, 11) is 0. The first-order valence-electron chi connectivity index (χ1n) is 7.62. The highest BCUT2D eigenvalue weighted by Crippen LogP contribution is 2.32. The monoisotopic (exact) mass is 336 g/mol. The average molecular weight is 336 g/mol. The predicted molar refractivity (Wildman–Crippen MR) is 95.6 cm³/mol. The molecule has 0 spiro atoms. The summed E-state index contributed by atoms with van der Waals surface area (Å²) in [6, 6.07) is 5.88. The number of fused-ring (bicyclic) bond motifs is 1. The van der Waals surface area contributed by atoms with Crippen LogP contribution in [0.5, 0.6) is 0 Å². The molecular weight excluding hydrogens is 320 g/mol. The van der Waals surface area contributed by atoms with Gasteiger partial charge in [0.2, 0.25) is 0 Å². The van der Waals surface area contributed by atoms with Crippen molar-refractivity contribution in [3.63, 3.8) is 0 Å². The van der Waals surface area contributed by atoms with Gasteiger partial charge in [0.25, 0.3) is 0 Å². The Morgan fingerprint density at radius 1 is 1.17 bits per heavy atom. The van der Waals surface area contributed by atoms with E-state index in [0.717, 1.165) is 27.4 Å². The van der Waals surface area contributed by atoms with Crippen LogP contribution < -0.4 is 5.32 Å². The molecule has 0 unspecified atom stereocenters. The highest BCUT2D eigenvalue weighted by atomic mass is 32.1. The van der Waals surface area contributed by atoms with Crippen LogP contribution in [-0.2, 0) is 6.54 Å². The number of nitrogens with zero attached hydrogens (tertiary/aromatic N) is 5. The Kier molecular flexibility index (Phi) is 3.70. The van der Waals surface area contributed by atoms with Crippen molar-refractivity contribution in [1.82, 2.24) is 24.7 Å². The number of thiophene rings is 1. The summed E-state index contributed by atoms with van der Waals surface area (Å²) in [6.45, 7) is 4.89. The fourth-order valence-corrected chi connectivity index (χ4v) is 3.56. The Bertz CT molecular complexity index is 972. The normalized spacial score (nSPS) is 11.1. The van der Waals surface area contributed by atoms with Gasteiger partial charge in [0.05, 0.1) is 5.39 Å². The topological polar surface area (TPSA) is 68.5 Å². The first-order valence-corrected chi connectivity index (χ1v) is 8.43. The Balaban J connectivity index is 1.55. The van der Waals surface area contributed by atoms with Crippen LogP contribution in [0.25, 0.3) is 16.0 Å². The maximum Gasteiger partial charge on any atom is 0.153 e. The lowest BCUT2D eigenvalue weighted by Crippen LogP contribution is -2.04. The molecule has 4 rings (SSSR count). The molecule has 0 radical (unpaired) electrons. The molecular formula is C17H16N6S. The molecule has 4 aromatic heterocycles. The van der Waals surface area contributed by atoms with Gasteiger partial charge in [0, 0.05) is 30.0 Å². The zero-order valence-corrected chi connectivity index (χ0v) is 14.2. The van der Waals surface area contributed by atoms with Gasteiger partial charge in [0.15, 0.2) is 5.82 Å². The molecule has 0 bridgehead atoms. The van der Waals surface area contributed by atoms with Crippen molar-refractivity contribution in [3.8, 4) is 5.82 Å². The Morgan fingerprint density at radius 3 is 2.83 bits per heavy atom. The molecule has 0 saturated carbocycles. The number of pyridine rings is 1. The van der Waals surface area contributed by atoms with Crippen molar-refractivity contribution >= 4 is 27.4 Å². The van der Waals surface area contributed by atoms with Crippen LogP contribution in [0.4, 0.5) is 5.82 Å². The Morgan fingerprint density at radius 2 is 2.08 bits per heavy atom. The molecule has 0 atom stereocenters. The molecule has 0 aliphatic rings. The second-order valence-corrected chi connectivity index (χ2v) is 6.72. The van der Waals surface area contributed by atoms with Crippen LogP contribution in [0.2, 0.25) is 0 Å². The largest absolute Gasteiger partial charge is 0.365 e. The van der Waals surface area contributed by atoms with Gasteiger partial charge >= 0.3 is 0 Å². The smallest absolute Gasteiger partial charge is 0.153 e. The van der Waals surface area contributed by atoms with Gasteiger partial charge in [-0.2, -0.15) is 5.10 Å². The van der Waals surface area contributed by atoms with Crippen molar-refractivity contribution in [1.29, 1.82) is 0 Å². The first-order chi connectivity index (χ1) is 11.7. The number of aromatic nitrogens is 5. The number of aryl methyl sites for hydroxylation is 2. The van der Waals surface area contributed by atoms with Gasteiger partial charge in [-0.3, -0.25) is 0 Å².